The van der Waals surface area contributed by atoms with Gasteiger partial charge in [-0.3, -0.25) is 9.69 Å². The Bertz CT molecular complexity index is 1190. The highest BCUT2D eigenvalue weighted by molar-refractivity contribution is 8.27. The van der Waals surface area contributed by atoms with Gasteiger partial charge in [-0.25, -0.2) is 0 Å². The van der Waals surface area contributed by atoms with Gasteiger partial charge in [-0.05, 0) is 54.1 Å². The maximum Gasteiger partial charge on any atom is 0.270 e. The summed E-state index contributed by atoms with van der Waals surface area (Å²) in [4.78, 5) is 17.2. The molecule has 1 aliphatic heterocycles. The van der Waals surface area contributed by atoms with Crippen LogP contribution in [-0.2, 0) is 11.4 Å². The number of benzene rings is 3. The predicted molar refractivity (Wildman–Crippen MR) is 139 cm³/mol. The Morgan fingerprint density at radius 2 is 1.81 bits per heavy atom. The van der Waals surface area contributed by atoms with Crippen LogP contribution in [0.25, 0.3) is 6.08 Å². The van der Waals surface area contributed by atoms with Crippen molar-refractivity contribution in [2.75, 3.05) is 23.9 Å². The van der Waals surface area contributed by atoms with Gasteiger partial charge in [0.1, 0.15) is 12.4 Å². The lowest BCUT2D eigenvalue weighted by Gasteiger charge is -2.17. The molecular weight excluding hydrogens is 460 g/mol. The van der Waals surface area contributed by atoms with Gasteiger partial charge in [0.2, 0.25) is 0 Å². The second-order valence-corrected chi connectivity index (χ2v) is 9.46. The van der Waals surface area contributed by atoms with Gasteiger partial charge in [0.05, 0.1) is 10.6 Å². The molecule has 4 nitrogen and oxygen atoms in total. The van der Waals surface area contributed by atoms with Crippen LogP contribution < -0.4 is 14.5 Å². The molecule has 0 atom stereocenters. The van der Waals surface area contributed by atoms with Crippen molar-refractivity contribution >= 4 is 63.3 Å². The monoisotopic (exact) mass is 480 g/mol. The van der Waals surface area contributed by atoms with Gasteiger partial charge in [-0.1, -0.05) is 65.9 Å². The van der Waals surface area contributed by atoms with E-state index in [4.69, 9.17) is 28.6 Å². The molecule has 7 heteroatoms. The Kier molecular flexibility index (Phi) is 6.84. The van der Waals surface area contributed by atoms with E-state index in [9.17, 15) is 4.79 Å². The number of hydrogen-bond acceptors (Lipinski definition) is 5. The molecular formula is C25H21ClN2O2S2. The van der Waals surface area contributed by atoms with Gasteiger partial charge in [-0.2, -0.15) is 0 Å². The quantitative estimate of drug-likeness (QED) is 0.301. The molecule has 0 unspecified atom stereocenters. The fourth-order valence-corrected chi connectivity index (χ4v) is 4.70. The SMILES string of the molecule is CN(C)c1ccc(N2C(=O)C(=Cc3cccc(OCc4ccccc4Cl)c3)SC2=S)cc1. The van der Waals surface area contributed by atoms with E-state index < -0.39 is 0 Å². The average Bonchev–Trinajstić information content (AvgIpc) is 3.06. The average molecular weight is 481 g/mol. The normalized spacial score (nSPS) is 14.8. The highest BCUT2D eigenvalue weighted by atomic mass is 35.5. The molecule has 0 N–H and O–H groups in total. The van der Waals surface area contributed by atoms with Crippen molar-refractivity contribution in [2.45, 2.75) is 6.61 Å². The summed E-state index contributed by atoms with van der Waals surface area (Å²) in [6.45, 7) is 0.369. The fraction of sp³-hybridized carbons (Fsp3) is 0.120. The van der Waals surface area contributed by atoms with Crippen LogP contribution in [0.2, 0.25) is 5.02 Å². The minimum Gasteiger partial charge on any atom is -0.489 e. The maximum atomic E-state index is 13.1. The lowest BCUT2D eigenvalue weighted by Crippen LogP contribution is -2.27. The van der Waals surface area contributed by atoms with Crippen molar-refractivity contribution in [2.24, 2.45) is 0 Å². The Labute approximate surface area is 202 Å². The highest BCUT2D eigenvalue weighted by Crippen LogP contribution is 2.36. The van der Waals surface area contributed by atoms with E-state index in [0.29, 0.717) is 26.6 Å². The zero-order valence-electron chi connectivity index (χ0n) is 17.6. The van der Waals surface area contributed by atoms with Crippen molar-refractivity contribution in [3.05, 3.63) is 93.9 Å². The van der Waals surface area contributed by atoms with Crippen LogP contribution in [0.3, 0.4) is 0 Å². The molecule has 0 bridgehead atoms. The number of thioether (sulfide) groups is 1. The first-order chi connectivity index (χ1) is 15.4. The van der Waals surface area contributed by atoms with E-state index in [0.717, 1.165) is 22.5 Å². The molecule has 0 aliphatic carbocycles. The summed E-state index contributed by atoms with van der Waals surface area (Å²) < 4.78 is 6.42. The smallest absolute Gasteiger partial charge is 0.270 e. The van der Waals surface area contributed by atoms with Gasteiger partial charge in [0, 0.05) is 30.4 Å². The first-order valence-electron chi connectivity index (χ1n) is 9.94. The summed E-state index contributed by atoms with van der Waals surface area (Å²) in [5, 5.41) is 0.672. The molecule has 1 saturated heterocycles. The fourth-order valence-electron chi connectivity index (χ4n) is 3.21. The largest absolute Gasteiger partial charge is 0.489 e. The number of ether oxygens (including phenoxy) is 1. The number of carbonyl (C=O) groups is 1. The summed E-state index contributed by atoms with van der Waals surface area (Å²) in [6.07, 6.45) is 1.84. The maximum absolute atomic E-state index is 13.1. The lowest BCUT2D eigenvalue weighted by atomic mass is 10.2. The molecule has 0 saturated carbocycles. The molecule has 1 fully saturated rings. The Morgan fingerprint density at radius 1 is 1.06 bits per heavy atom. The van der Waals surface area contributed by atoms with Crippen molar-refractivity contribution in [1.29, 1.82) is 0 Å². The minimum absolute atomic E-state index is 0.125. The Hall–Kier alpha value is -2.80. The lowest BCUT2D eigenvalue weighted by molar-refractivity contribution is -0.113. The number of rotatable bonds is 6. The van der Waals surface area contributed by atoms with Crippen molar-refractivity contribution in [1.82, 2.24) is 0 Å². The molecule has 1 amide bonds. The van der Waals surface area contributed by atoms with Crippen LogP contribution in [0.1, 0.15) is 11.1 Å². The van der Waals surface area contributed by atoms with E-state index in [1.807, 2.05) is 97.9 Å². The number of thiocarbonyl (C=S) groups is 1. The van der Waals surface area contributed by atoms with Gasteiger partial charge in [-0.15, -0.1) is 0 Å². The zero-order valence-corrected chi connectivity index (χ0v) is 20.0. The van der Waals surface area contributed by atoms with Crippen LogP contribution in [0.4, 0.5) is 11.4 Å². The van der Waals surface area contributed by atoms with Crippen LogP contribution in [0.5, 0.6) is 5.75 Å². The minimum atomic E-state index is -0.125. The number of carbonyl (C=O) groups excluding carboxylic acids is 1. The Balaban J connectivity index is 1.50. The molecule has 1 aliphatic rings. The van der Waals surface area contributed by atoms with Gasteiger partial charge >= 0.3 is 0 Å². The second kappa shape index (κ2) is 9.77. The summed E-state index contributed by atoms with van der Waals surface area (Å²) in [6, 6.07) is 23.0. The summed E-state index contributed by atoms with van der Waals surface area (Å²) in [5.74, 6) is 0.577. The zero-order chi connectivity index (χ0) is 22.7. The van der Waals surface area contributed by atoms with Crippen molar-refractivity contribution < 1.29 is 9.53 Å². The van der Waals surface area contributed by atoms with Crippen molar-refractivity contribution in [3.8, 4) is 5.75 Å². The Morgan fingerprint density at radius 3 is 2.53 bits per heavy atom. The number of nitrogens with zero attached hydrogens (tertiary/aromatic N) is 2. The van der Waals surface area contributed by atoms with Crippen LogP contribution >= 0.6 is 35.6 Å². The number of anilines is 2. The molecule has 1 heterocycles. The highest BCUT2D eigenvalue weighted by Gasteiger charge is 2.33. The first kappa shape index (κ1) is 22.4. The molecule has 3 aromatic carbocycles. The predicted octanol–water partition coefficient (Wildman–Crippen LogP) is 6.39. The molecule has 3 aromatic rings. The molecule has 0 aromatic heterocycles. The molecule has 4 rings (SSSR count). The van der Waals surface area contributed by atoms with E-state index in [2.05, 4.69) is 0 Å². The van der Waals surface area contributed by atoms with Crippen LogP contribution in [-0.4, -0.2) is 24.3 Å². The molecule has 0 spiro atoms. The van der Waals surface area contributed by atoms with Crippen molar-refractivity contribution in [3.63, 3.8) is 0 Å². The third-order valence-corrected chi connectivity index (χ3v) is 6.60. The van der Waals surface area contributed by atoms with Gasteiger partial charge in [0.25, 0.3) is 5.91 Å². The van der Waals surface area contributed by atoms with Crippen LogP contribution in [0, 0.1) is 0 Å². The van der Waals surface area contributed by atoms with E-state index in [1.165, 1.54) is 11.8 Å². The summed E-state index contributed by atoms with van der Waals surface area (Å²) >= 11 is 13.0. The molecule has 32 heavy (non-hydrogen) atoms. The molecule has 0 radical (unpaired) electrons. The first-order valence-corrected chi connectivity index (χ1v) is 11.5. The third-order valence-electron chi connectivity index (χ3n) is 4.93. The van der Waals surface area contributed by atoms with E-state index >= 15 is 0 Å². The summed E-state index contributed by atoms with van der Waals surface area (Å²) in [5.41, 5.74) is 3.60. The summed E-state index contributed by atoms with van der Waals surface area (Å²) in [7, 11) is 3.95. The van der Waals surface area contributed by atoms with Gasteiger partial charge < -0.3 is 9.64 Å². The van der Waals surface area contributed by atoms with Gasteiger partial charge in [0.15, 0.2) is 4.32 Å². The van der Waals surface area contributed by atoms with Crippen LogP contribution in [0.15, 0.2) is 77.7 Å². The number of amides is 1. The topological polar surface area (TPSA) is 32.8 Å². The number of hydrogen-bond donors (Lipinski definition) is 0. The number of halogens is 1. The van der Waals surface area contributed by atoms with E-state index in [-0.39, 0.29) is 5.91 Å². The standard InChI is InChI=1S/C25H21ClN2O2S2/c1-27(2)19-10-12-20(13-11-19)28-24(29)23(32-25(28)31)15-17-6-5-8-21(14-17)30-16-18-7-3-4-9-22(18)26/h3-15H,16H2,1-2H3. The third kappa shape index (κ3) is 4.99. The molecule has 162 valence electrons. The second-order valence-electron chi connectivity index (χ2n) is 7.38. The van der Waals surface area contributed by atoms with E-state index in [1.54, 1.807) is 4.90 Å².